The van der Waals surface area contributed by atoms with E-state index in [1.807, 2.05) is 6.07 Å². The Morgan fingerprint density at radius 3 is 2.62 bits per heavy atom. The number of anilines is 1. The van der Waals surface area contributed by atoms with Crippen molar-refractivity contribution in [1.29, 1.82) is 0 Å². The molecule has 116 valence electrons. The van der Waals surface area contributed by atoms with Gasteiger partial charge in [0.25, 0.3) is 5.91 Å². The van der Waals surface area contributed by atoms with Crippen LogP contribution in [-0.4, -0.2) is 43.4 Å². The number of nitrogens with one attached hydrogen (secondary N) is 2. The SMILES string of the molecule is CCCNc1ccc(C(=O)NC2CCS(=O)(=O)CC2)nc1. The Morgan fingerprint density at radius 2 is 2.05 bits per heavy atom. The molecule has 0 atom stereocenters. The first-order valence-electron chi connectivity index (χ1n) is 7.21. The molecule has 1 aromatic heterocycles. The molecule has 0 spiro atoms. The first-order valence-corrected chi connectivity index (χ1v) is 9.03. The second-order valence-electron chi connectivity index (χ2n) is 5.26. The average molecular weight is 311 g/mol. The van der Waals surface area contributed by atoms with E-state index in [4.69, 9.17) is 0 Å². The number of hydrogen-bond donors (Lipinski definition) is 2. The summed E-state index contributed by atoms with van der Waals surface area (Å²) in [7, 11) is -2.91. The maximum absolute atomic E-state index is 12.1. The van der Waals surface area contributed by atoms with Crippen LogP contribution in [0.2, 0.25) is 0 Å². The summed E-state index contributed by atoms with van der Waals surface area (Å²) >= 11 is 0. The molecule has 21 heavy (non-hydrogen) atoms. The van der Waals surface area contributed by atoms with Gasteiger partial charge in [-0.1, -0.05) is 6.92 Å². The Kier molecular flexibility index (Phi) is 5.17. The Labute approximate surface area is 125 Å². The minimum absolute atomic E-state index is 0.0827. The summed E-state index contributed by atoms with van der Waals surface area (Å²) in [4.78, 5) is 16.2. The molecule has 1 fully saturated rings. The van der Waals surface area contributed by atoms with E-state index in [1.165, 1.54) is 0 Å². The van der Waals surface area contributed by atoms with Crippen molar-refractivity contribution in [2.24, 2.45) is 0 Å². The number of pyridine rings is 1. The van der Waals surface area contributed by atoms with Crippen LogP contribution in [0.3, 0.4) is 0 Å². The number of carbonyl (C=O) groups excluding carboxylic acids is 1. The predicted molar refractivity (Wildman–Crippen MR) is 82.2 cm³/mol. The molecule has 1 aliphatic heterocycles. The van der Waals surface area contributed by atoms with E-state index in [0.717, 1.165) is 18.7 Å². The normalized spacial score (nSPS) is 18.1. The maximum atomic E-state index is 12.1. The highest BCUT2D eigenvalue weighted by Gasteiger charge is 2.25. The van der Waals surface area contributed by atoms with Crippen LogP contribution >= 0.6 is 0 Å². The molecule has 0 saturated carbocycles. The molecule has 2 rings (SSSR count). The maximum Gasteiger partial charge on any atom is 0.270 e. The van der Waals surface area contributed by atoms with Crippen LogP contribution in [0.15, 0.2) is 18.3 Å². The fraction of sp³-hybridized carbons (Fsp3) is 0.571. The quantitative estimate of drug-likeness (QED) is 0.853. The van der Waals surface area contributed by atoms with Crippen LogP contribution in [0, 0.1) is 0 Å². The van der Waals surface area contributed by atoms with Gasteiger partial charge in [-0.15, -0.1) is 0 Å². The molecule has 0 unspecified atom stereocenters. The Morgan fingerprint density at radius 1 is 1.33 bits per heavy atom. The number of rotatable bonds is 5. The molecule has 1 saturated heterocycles. The molecule has 2 heterocycles. The van der Waals surface area contributed by atoms with Crippen molar-refractivity contribution >= 4 is 21.4 Å². The second-order valence-corrected chi connectivity index (χ2v) is 7.56. The first kappa shape index (κ1) is 15.8. The smallest absolute Gasteiger partial charge is 0.270 e. The molecule has 0 radical (unpaired) electrons. The zero-order valence-electron chi connectivity index (χ0n) is 12.1. The van der Waals surface area contributed by atoms with E-state index >= 15 is 0 Å². The molecule has 2 N–H and O–H groups in total. The largest absolute Gasteiger partial charge is 0.384 e. The lowest BCUT2D eigenvalue weighted by molar-refractivity contribution is 0.0929. The molecule has 7 heteroatoms. The third kappa shape index (κ3) is 4.70. The van der Waals surface area contributed by atoms with Crippen molar-refractivity contribution in [2.45, 2.75) is 32.2 Å². The van der Waals surface area contributed by atoms with Crippen molar-refractivity contribution in [3.05, 3.63) is 24.0 Å². The second kappa shape index (κ2) is 6.89. The van der Waals surface area contributed by atoms with Crippen molar-refractivity contribution < 1.29 is 13.2 Å². The van der Waals surface area contributed by atoms with E-state index in [0.29, 0.717) is 18.5 Å². The molecule has 1 aliphatic rings. The van der Waals surface area contributed by atoms with E-state index in [-0.39, 0.29) is 23.5 Å². The fourth-order valence-corrected chi connectivity index (χ4v) is 3.69. The summed E-state index contributed by atoms with van der Waals surface area (Å²) in [5, 5.41) is 6.04. The van der Waals surface area contributed by atoms with Gasteiger partial charge in [-0.3, -0.25) is 4.79 Å². The Hall–Kier alpha value is -1.63. The predicted octanol–water partition coefficient (Wildman–Crippen LogP) is 1.21. The van der Waals surface area contributed by atoms with E-state index in [2.05, 4.69) is 22.5 Å². The summed E-state index contributed by atoms with van der Waals surface area (Å²) in [6.45, 7) is 2.94. The molecule has 1 aromatic rings. The van der Waals surface area contributed by atoms with Crippen LogP contribution in [0.4, 0.5) is 5.69 Å². The van der Waals surface area contributed by atoms with Crippen LogP contribution in [0.25, 0.3) is 0 Å². The highest BCUT2D eigenvalue weighted by atomic mass is 32.2. The number of nitrogens with zero attached hydrogens (tertiary/aromatic N) is 1. The lowest BCUT2D eigenvalue weighted by atomic mass is 10.1. The molecule has 6 nitrogen and oxygen atoms in total. The minimum Gasteiger partial charge on any atom is -0.384 e. The van der Waals surface area contributed by atoms with Gasteiger partial charge in [-0.05, 0) is 31.4 Å². The van der Waals surface area contributed by atoms with E-state index < -0.39 is 9.84 Å². The first-order chi connectivity index (χ1) is 10.00. The van der Waals surface area contributed by atoms with Crippen molar-refractivity contribution in [1.82, 2.24) is 10.3 Å². The lowest BCUT2D eigenvalue weighted by Gasteiger charge is -2.22. The van der Waals surface area contributed by atoms with Gasteiger partial charge in [0.05, 0.1) is 23.4 Å². The molecule has 1 amide bonds. The minimum atomic E-state index is -2.91. The van der Waals surface area contributed by atoms with Gasteiger partial charge in [0, 0.05) is 12.6 Å². The Balaban J connectivity index is 1.88. The zero-order chi connectivity index (χ0) is 15.3. The molecular formula is C14H21N3O3S. The summed E-state index contributed by atoms with van der Waals surface area (Å²) in [5.74, 6) is 0.0394. The van der Waals surface area contributed by atoms with Gasteiger partial charge in [0.15, 0.2) is 0 Å². The van der Waals surface area contributed by atoms with Gasteiger partial charge in [0.2, 0.25) is 0 Å². The van der Waals surface area contributed by atoms with E-state index in [9.17, 15) is 13.2 Å². The standard InChI is InChI=1S/C14H21N3O3S/c1-2-7-15-12-3-4-13(16-10-12)14(18)17-11-5-8-21(19,20)9-6-11/h3-4,10-11,15H,2,5-9H2,1H3,(H,17,18). The van der Waals surface area contributed by atoms with Gasteiger partial charge < -0.3 is 10.6 Å². The van der Waals surface area contributed by atoms with Crippen molar-refractivity contribution in [3.8, 4) is 0 Å². The number of sulfone groups is 1. The lowest BCUT2D eigenvalue weighted by Crippen LogP contribution is -2.41. The van der Waals surface area contributed by atoms with Crippen LogP contribution in [0.5, 0.6) is 0 Å². The molecule has 0 aromatic carbocycles. The number of hydrogen-bond acceptors (Lipinski definition) is 5. The topological polar surface area (TPSA) is 88.2 Å². The average Bonchev–Trinajstić information content (AvgIpc) is 2.48. The van der Waals surface area contributed by atoms with Crippen molar-refractivity contribution in [3.63, 3.8) is 0 Å². The third-order valence-electron chi connectivity index (χ3n) is 3.47. The molecular weight excluding hydrogens is 290 g/mol. The zero-order valence-corrected chi connectivity index (χ0v) is 12.9. The molecule has 0 aliphatic carbocycles. The van der Waals surface area contributed by atoms with Gasteiger partial charge in [-0.2, -0.15) is 0 Å². The number of aromatic nitrogens is 1. The van der Waals surface area contributed by atoms with Crippen LogP contribution < -0.4 is 10.6 Å². The fourth-order valence-electron chi connectivity index (χ4n) is 2.20. The highest BCUT2D eigenvalue weighted by Crippen LogP contribution is 2.13. The van der Waals surface area contributed by atoms with Gasteiger partial charge >= 0.3 is 0 Å². The third-order valence-corrected chi connectivity index (χ3v) is 5.18. The number of amides is 1. The van der Waals surface area contributed by atoms with Gasteiger partial charge in [-0.25, -0.2) is 13.4 Å². The van der Waals surface area contributed by atoms with Crippen LogP contribution in [-0.2, 0) is 9.84 Å². The summed E-state index contributed by atoms with van der Waals surface area (Å²) < 4.78 is 22.7. The summed E-state index contributed by atoms with van der Waals surface area (Å²) in [6, 6.07) is 3.41. The monoisotopic (exact) mass is 311 g/mol. The van der Waals surface area contributed by atoms with Crippen molar-refractivity contribution in [2.75, 3.05) is 23.4 Å². The summed E-state index contributed by atoms with van der Waals surface area (Å²) in [6.07, 6.45) is 3.61. The molecule has 0 bridgehead atoms. The van der Waals surface area contributed by atoms with E-state index in [1.54, 1.807) is 12.3 Å². The van der Waals surface area contributed by atoms with Crippen LogP contribution in [0.1, 0.15) is 36.7 Å². The number of carbonyl (C=O) groups is 1. The summed E-state index contributed by atoms with van der Waals surface area (Å²) in [5.41, 5.74) is 1.24. The Bertz CT molecular complexity index is 570. The highest BCUT2D eigenvalue weighted by molar-refractivity contribution is 7.91. The van der Waals surface area contributed by atoms with Gasteiger partial charge in [0.1, 0.15) is 15.5 Å².